The SMILES string of the molecule is Cc1c(CC(=O)NC(C)C)c(-c2ccc(F)c(Cl)c2)nc2ccc(OCCCN3CCC(C(F)(F)F)CC3)cc12. The van der Waals surface area contributed by atoms with Gasteiger partial charge >= 0.3 is 6.18 Å². The molecule has 10 heteroatoms. The summed E-state index contributed by atoms with van der Waals surface area (Å²) in [7, 11) is 0. The topological polar surface area (TPSA) is 54.5 Å². The van der Waals surface area contributed by atoms with Gasteiger partial charge in [0.2, 0.25) is 5.91 Å². The fraction of sp³-hybridized carbons (Fsp3) is 0.467. The van der Waals surface area contributed by atoms with Crippen LogP contribution in [0.25, 0.3) is 22.2 Å². The Morgan fingerprint density at radius 1 is 1.18 bits per heavy atom. The van der Waals surface area contributed by atoms with E-state index < -0.39 is 17.9 Å². The predicted octanol–water partition coefficient (Wildman–Crippen LogP) is 7.11. The van der Waals surface area contributed by atoms with Gasteiger partial charge < -0.3 is 15.0 Å². The van der Waals surface area contributed by atoms with E-state index >= 15 is 0 Å². The van der Waals surface area contributed by atoms with Crippen molar-refractivity contribution in [3.63, 3.8) is 0 Å². The molecule has 1 aliphatic rings. The molecule has 0 atom stereocenters. The van der Waals surface area contributed by atoms with Crippen LogP contribution in [0.2, 0.25) is 5.02 Å². The monoisotopic (exact) mass is 579 g/mol. The molecule has 1 saturated heterocycles. The van der Waals surface area contributed by atoms with E-state index in [0.717, 1.165) is 10.9 Å². The van der Waals surface area contributed by atoms with E-state index in [9.17, 15) is 22.4 Å². The number of carbonyl (C=O) groups is 1. The number of alkyl halides is 3. The smallest absolute Gasteiger partial charge is 0.391 e. The summed E-state index contributed by atoms with van der Waals surface area (Å²) in [4.78, 5) is 19.6. The lowest BCUT2D eigenvalue weighted by Crippen LogP contribution is -2.39. The Kier molecular flexibility index (Phi) is 9.56. The van der Waals surface area contributed by atoms with Crippen molar-refractivity contribution in [2.75, 3.05) is 26.2 Å². The molecule has 1 fully saturated rings. The number of hydrogen-bond acceptors (Lipinski definition) is 4. The Morgan fingerprint density at radius 2 is 1.90 bits per heavy atom. The van der Waals surface area contributed by atoms with Crippen LogP contribution in [-0.4, -0.2) is 54.3 Å². The van der Waals surface area contributed by atoms with Crippen molar-refractivity contribution in [3.05, 3.63) is 58.4 Å². The molecular weight excluding hydrogens is 546 g/mol. The fourth-order valence-corrected chi connectivity index (χ4v) is 5.31. The second kappa shape index (κ2) is 12.7. The maximum atomic E-state index is 13.9. The molecule has 0 bridgehead atoms. The van der Waals surface area contributed by atoms with Crippen molar-refractivity contribution in [2.45, 2.75) is 58.7 Å². The Hall–Kier alpha value is -2.91. The first kappa shape index (κ1) is 30.1. The van der Waals surface area contributed by atoms with Gasteiger partial charge in [0, 0.05) is 23.5 Å². The largest absolute Gasteiger partial charge is 0.494 e. The third-order valence-electron chi connectivity index (χ3n) is 7.26. The Balaban J connectivity index is 1.50. The zero-order chi connectivity index (χ0) is 29.0. The highest BCUT2D eigenvalue weighted by Crippen LogP contribution is 2.35. The van der Waals surface area contributed by atoms with E-state index in [1.165, 1.54) is 12.1 Å². The molecule has 40 heavy (non-hydrogen) atoms. The van der Waals surface area contributed by atoms with Crippen LogP contribution in [0.15, 0.2) is 36.4 Å². The van der Waals surface area contributed by atoms with E-state index in [-0.39, 0.29) is 36.2 Å². The first-order valence-electron chi connectivity index (χ1n) is 13.5. The number of hydrogen-bond donors (Lipinski definition) is 1. The summed E-state index contributed by atoms with van der Waals surface area (Å²) in [6, 6.07) is 9.91. The maximum Gasteiger partial charge on any atom is 0.391 e. The summed E-state index contributed by atoms with van der Waals surface area (Å²) in [5, 5.41) is 3.72. The molecule has 2 aromatic carbocycles. The van der Waals surface area contributed by atoms with Crippen LogP contribution < -0.4 is 10.1 Å². The van der Waals surface area contributed by atoms with Gasteiger partial charge in [0.05, 0.1) is 35.2 Å². The van der Waals surface area contributed by atoms with E-state index in [2.05, 4.69) is 10.2 Å². The minimum Gasteiger partial charge on any atom is -0.494 e. The minimum atomic E-state index is -4.11. The maximum absolute atomic E-state index is 13.9. The van der Waals surface area contributed by atoms with Gasteiger partial charge in [-0.25, -0.2) is 9.37 Å². The molecule has 216 valence electrons. The van der Waals surface area contributed by atoms with Crippen LogP contribution in [0.4, 0.5) is 17.6 Å². The quantitative estimate of drug-likeness (QED) is 0.217. The number of aryl methyl sites for hydroxylation is 1. The highest BCUT2D eigenvalue weighted by molar-refractivity contribution is 6.31. The van der Waals surface area contributed by atoms with Crippen molar-refractivity contribution >= 4 is 28.4 Å². The van der Waals surface area contributed by atoms with Crippen molar-refractivity contribution in [1.29, 1.82) is 0 Å². The first-order valence-corrected chi connectivity index (χ1v) is 13.9. The molecule has 2 heterocycles. The van der Waals surface area contributed by atoms with E-state index in [1.807, 2.05) is 39.0 Å². The summed E-state index contributed by atoms with van der Waals surface area (Å²) < 4.78 is 58.5. The fourth-order valence-electron chi connectivity index (χ4n) is 5.13. The van der Waals surface area contributed by atoms with Crippen molar-refractivity contribution in [1.82, 2.24) is 15.2 Å². The van der Waals surface area contributed by atoms with E-state index in [0.29, 0.717) is 60.7 Å². The molecule has 0 unspecified atom stereocenters. The van der Waals surface area contributed by atoms with Gasteiger partial charge in [-0.2, -0.15) is 13.2 Å². The number of aromatic nitrogens is 1. The van der Waals surface area contributed by atoms with Crippen LogP contribution in [0, 0.1) is 18.7 Å². The molecule has 1 N–H and O–H groups in total. The van der Waals surface area contributed by atoms with E-state index in [1.54, 1.807) is 6.07 Å². The van der Waals surface area contributed by atoms with Crippen LogP contribution in [0.5, 0.6) is 5.75 Å². The summed E-state index contributed by atoms with van der Waals surface area (Å²) in [6.45, 7) is 7.69. The van der Waals surface area contributed by atoms with Crippen LogP contribution in [0.3, 0.4) is 0 Å². The number of ether oxygens (including phenoxy) is 1. The molecule has 1 amide bonds. The number of halogens is 5. The Labute approximate surface area is 236 Å². The lowest BCUT2D eigenvalue weighted by molar-refractivity contribution is -0.185. The number of nitrogens with zero attached hydrogens (tertiary/aromatic N) is 2. The van der Waals surface area contributed by atoms with Crippen molar-refractivity contribution < 1.29 is 27.1 Å². The standard InChI is InChI=1S/C30H34ClF4N3O2/c1-18(2)36-28(39)17-24-19(3)23-16-22(40-14-4-11-38-12-9-21(10-13-38)30(33,34)35)6-8-27(23)37-29(24)20-5-7-26(32)25(31)15-20/h5-8,15-16,18,21H,4,9-14,17H2,1-3H3,(H,36,39). The molecule has 1 aliphatic heterocycles. The first-order chi connectivity index (χ1) is 18.9. The van der Waals surface area contributed by atoms with Crippen molar-refractivity contribution in [2.24, 2.45) is 5.92 Å². The normalized spacial score (nSPS) is 15.1. The average Bonchev–Trinajstić information content (AvgIpc) is 2.89. The number of rotatable bonds is 9. The third-order valence-corrected chi connectivity index (χ3v) is 7.55. The highest BCUT2D eigenvalue weighted by Gasteiger charge is 2.40. The van der Waals surface area contributed by atoms with Gasteiger partial charge in [-0.15, -0.1) is 0 Å². The zero-order valence-corrected chi connectivity index (χ0v) is 23.6. The molecule has 0 aliphatic carbocycles. The second-order valence-corrected chi connectivity index (χ2v) is 11.0. The summed E-state index contributed by atoms with van der Waals surface area (Å²) >= 11 is 6.06. The van der Waals surface area contributed by atoms with Gasteiger partial charge in [-0.3, -0.25) is 4.79 Å². The van der Waals surface area contributed by atoms with Gasteiger partial charge in [0.1, 0.15) is 11.6 Å². The van der Waals surface area contributed by atoms with Gasteiger partial charge in [-0.05, 0) is 101 Å². The number of pyridine rings is 1. The molecular formula is C30H34ClF4N3O2. The lowest BCUT2D eigenvalue weighted by Gasteiger charge is -2.32. The van der Waals surface area contributed by atoms with Gasteiger partial charge in [-0.1, -0.05) is 11.6 Å². The summed E-state index contributed by atoms with van der Waals surface area (Å²) in [5.41, 5.74) is 3.45. The van der Waals surface area contributed by atoms with Crippen LogP contribution in [-0.2, 0) is 11.2 Å². The summed E-state index contributed by atoms with van der Waals surface area (Å²) in [6.07, 6.45) is -3.04. The average molecular weight is 580 g/mol. The van der Waals surface area contributed by atoms with Crippen LogP contribution >= 0.6 is 11.6 Å². The number of carbonyl (C=O) groups excluding carboxylic acids is 1. The molecule has 1 aromatic heterocycles. The number of benzene rings is 2. The minimum absolute atomic E-state index is 0.0249. The number of amides is 1. The molecule has 0 saturated carbocycles. The predicted molar refractivity (Wildman–Crippen MR) is 149 cm³/mol. The third kappa shape index (κ3) is 7.43. The molecule has 0 spiro atoms. The lowest BCUT2D eigenvalue weighted by atomic mass is 9.95. The van der Waals surface area contributed by atoms with Crippen molar-refractivity contribution in [3.8, 4) is 17.0 Å². The molecule has 5 nitrogen and oxygen atoms in total. The number of nitrogens with one attached hydrogen (secondary N) is 1. The summed E-state index contributed by atoms with van der Waals surface area (Å²) in [5.74, 6) is -1.24. The highest BCUT2D eigenvalue weighted by atomic mass is 35.5. The molecule has 0 radical (unpaired) electrons. The van der Waals surface area contributed by atoms with Gasteiger partial charge in [0.15, 0.2) is 0 Å². The zero-order valence-electron chi connectivity index (χ0n) is 22.9. The molecule has 4 rings (SSSR count). The van der Waals surface area contributed by atoms with Crippen LogP contribution in [0.1, 0.15) is 44.2 Å². The molecule has 3 aromatic rings. The number of likely N-dealkylation sites (tertiary alicyclic amines) is 1. The second-order valence-electron chi connectivity index (χ2n) is 10.6. The number of fused-ring (bicyclic) bond motifs is 1. The van der Waals surface area contributed by atoms with Gasteiger partial charge in [0.25, 0.3) is 0 Å². The Morgan fingerprint density at radius 3 is 2.55 bits per heavy atom. The Bertz CT molecular complexity index is 1360. The van der Waals surface area contributed by atoms with E-state index in [4.69, 9.17) is 21.3 Å². The number of piperidine rings is 1.